The molecule has 0 spiro atoms. The highest BCUT2D eigenvalue weighted by Gasteiger charge is 2.34. The molecule has 2 aromatic rings. The summed E-state index contributed by atoms with van der Waals surface area (Å²) in [6.07, 6.45) is -3.12. The van der Waals surface area contributed by atoms with Crippen LogP contribution >= 0.6 is 0 Å². The predicted molar refractivity (Wildman–Crippen MR) is 69.5 cm³/mol. The van der Waals surface area contributed by atoms with Gasteiger partial charge in [-0.25, -0.2) is 0 Å². The number of aliphatic carboxylic acids is 1. The first-order valence-corrected chi connectivity index (χ1v) is 6.22. The monoisotopic (exact) mass is 298 g/mol. The lowest BCUT2D eigenvalue weighted by Crippen LogP contribution is -2.13. The van der Waals surface area contributed by atoms with Gasteiger partial charge < -0.3 is 5.11 Å². The number of carboxylic acid groups (broad SMARTS) is 1. The van der Waals surface area contributed by atoms with Gasteiger partial charge in [0.25, 0.3) is 0 Å². The number of alkyl halides is 3. The van der Waals surface area contributed by atoms with E-state index in [1.165, 1.54) is 31.3 Å². The van der Waals surface area contributed by atoms with Gasteiger partial charge in [-0.1, -0.05) is 25.1 Å². The van der Waals surface area contributed by atoms with Gasteiger partial charge in [0.05, 0.1) is 17.7 Å². The van der Waals surface area contributed by atoms with Crippen molar-refractivity contribution in [2.45, 2.75) is 19.5 Å². The van der Waals surface area contributed by atoms with E-state index in [-0.39, 0.29) is 17.5 Å². The summed E-state index contributed by atoms with van der Waals surface area (Å²) in [5, 5.41) is 15.2. The summed E-state index contributed by atoms with van der Waals surface area (Å²) in [7, 11) is 0. The number of benzene rings is 1. The molecule has 112 valence electrons. The molecule has 21 heavy (non-hydrogen) atoms. The number of aromatic nitrogens is 2. The highest BCUT2D eigenvalue weighted by Crippen LogP contribution is 2.37. The van der Waals surface area contributed by atoms with E-state index in [0.717, 1.165) is 6.07 Å². The average molecular weight is 298 g/mol. The maximum absolute atomic E-state index is 13.0. The second kappa shape index (κ2) is 5.59. The summed E-state index contributed by atoms with van der Waals surface area (Å²) in [5.74, 6) is -1.73. The minimum Gasteiger partial charge on any atom is -0.481 e. The molecule has 0 fully saturated rings. The van der Waals surface area contributed by atoms with E-state index in [1.807, 2.05) is 0 Å². The lowest BCUT2D eigenvalue weighted by molar-refractivity contribution is -0.141. The maximum atomic E-state index is 13.0. The second-order valence-corrected chi connectivity index (χ2v) is 4.75. The molecule has 0 amide bonds. The van der Waals surface area contributed by atoms with Gasteiger partial charge in [-0.2, -0.15) is 18.3 Å². The van der Waals surface area contributed by atoms with Crippen LogP contribution in [0.15, 0.2) is 30.5 Å². The van der Waals surface area contributed by atoms with E-state index in [9.17, 15) is 18.0 Å². The van der Waals surface area contributed by atoms with E-state index < -0.39 is 23.6 Å². The summed E-state index contributed by atoms with van der Waals surface area (Å²) in [4.78, 5) is 10.9. The maximum Gasteiger partial charge on any atom is 0.417 e. The zero-order chi connectivity index (χ0) is 15.6. The molecule has 0 saturated carbocycles. The molecule has 0 bridgehead atoms. The Hall–Kier alpha value is -2.31. The number of hydrogen-bond donors (Lipinski definition) is 2. The number of nitrogens with one attached hydrogen (secondary N) is 1. The fourth-order valence-corrected chi connectivity index (χ4v) is 2.06. The van der Waals surface area contributed by atoms with Crippen molar-refractivity contribution >= 4 is 5.97 Å². The van der Waals surface area contributed by atoms with Crippen LogP contribution in [0.3, 0.4) is 0 Å². The van der Waals surface area contributed by atoms with E-state index in [4.69, 9.17) is 5.11 Å². The van der Waals surface area contributed by atoms with Crippen molar-refractivity contribution in [2.75, 3.05) is 0 Å². The molecule has 1 aromatic carbocycles. The molecule has 7 heteroatoms. The smallest absolute Gasteiger partial charge is 0.417 e. The number of H-pyrrole nitrogens is 1. The van der Waals surface area contributed by atoms with Gasteiger partial charge in [-0.05, 0) is 11.6 Å². The Kier molecular flexibility index (Phi) is 4.02. The van der Waals surface area contributed by atoms with E-state index >= 15 is 0 Å². The van der Waals surface area contributed by atoms with Gasteiger partial charge in [-0.3, -0.25) is 9.89 Å². The van der Waals surface area contributed by atoms with Crippen LogP contribution in [0.2, 0.25) is 0 Å². The van der Waals surface area contributed by atoms with Gasteiger partial charge >= 0.3 is 12.1 Å². The van der Waals surface area contributed by atoms with Crippen molar-refractivity contribution in [3.8, 4) is 11.1 Å². The normalized spacial score (nSPS) is 13.1. The molecule has 0 saturated heterocycles. The SMILES string of the molecule is CC(Cc1[nH]ncc1-c1ccccc1C(F)(F)F)C(=O)O. The van der Waals surface area contributed by atoms with Gasteiger partial charge in [-0.15, -0.1) is 0 Å². The molecular formula is C14H13F3N2O2. The van der Waals surface area contributed by atoms with Gasteiger partial charge in [0.15, 0.2) is 0 Å². The molecule has 2 rings (SSSR count). The fourth-order valence-electron chi connectivity index (χ4n) is 2.06. The largest absolute Gasteiger partial charge is 0.481 e. The topological polar surface area (TPSA) is 66.0 Å². The molecule has 1 aromatic heterocycles. The van der Waals surface area contributed by atoms with Crippen molar-refractivity contribution in [2.24, 2.45) is 5.92 Å². The van der Waals surface area contributed by atoms with Crippen LogP contribution in [0, 0.1) is 5.92 Å². The molecule has 0 aliphatic carbocycles. The van der Waals surface area contributed by atoms with Crippen LogP contribution in [-0.4, -0.2) is 21.3 Å². The van der Waals surface area contributed by atoms with Crippen molar-refractivity contribution < 1.29 is 23.1 Å². The number of hydrogen-bond acceptors (Lipinski definition) is 2. The first-order valence-electron chi connectivity index (χ1n) is 6.22. The van der Waals surface area contributed by atoms with E-state index in [2.05, 4.69) is 10.2 Å². The van der Waals surface area contributed by atoms with Crippen molar-refractivity contribution in [1.29, 1.82) is 0 Å². The van der Waals surface area contributed by atoms with Crippen LogP contribution in [0.1, 0.15) is 18.2 Å². The van der Waals surface area contributed by atoms with Crippen molar-refractivity contribution in [3.05, 3.63) is 41.7 Å². The summed E-state index contributed by atoms with van der Waals surface area (Å²) in [6, 6.07) is 5.16. The Morgan fingerprint density at radius 2 is 2.00 bits per heavy atom. The Balaban J connectivity index is 2.45. The third-order valence-electron chi connectivity index (χ3n) is 3.17. The molecule has 1 heterocycles. The number of rotatable bonds is 4. The molecule has 0 aliphatic heterocycles. The molecule has 2 N–H and O–H groups in total. The van der Waals surface area contributed by atoms with Crippen LogP contribution < -0.4 is 0 Å². The third-order valence-corrected chi connectivity index (χ3v) is 3.17. The first-order chi connectivity index (χ1) is 9.80. The molecule has 0 radical (unpaired) electrons. The first kappa shape index (κ1) is 15.1. The van der Waals surface area contributed by atoms with Crippen LogP contribution in [0.5, 0.6) is 0 Å². The second-order valence-electron chi connectivity index (χ2n) is 4.75. The third kappa shape index (κ3) is 3.24. The van der Waals surface area contributed by atoms with Gasteiger partial charge in [0.1, 0.15) is 0 Å². The van der Waals surface area contributed by atoms with Crippen LogP contribution in [0.4, 0.5) is 13.2 Å². The van der Waals surface area contributed by atoms with E-state index in [0.29, 0.717) is 5.69 Å². The quantitative estimate of drug-likeness (QED) is 0.909. The van der Waals surface area contributed by atoms with Crippen molar-refractivity contribution in [3.63, 3.8) is 0 Å². The Labute approximate surface area is 118 Å². The Morgan fingerprint density at radius 1 is 1.33 bits per heavy atom. The van der Waals surface area contributed by atoms with Gasteiger partial charge in [0, 0.05) is 17.7 Å². The number of halogens is 3. The average Bonchev–Trinajstić information content (AvgIpc) is 2.85. The summed E-state index contributed by atoms with van der Waals surface area (Å²) >= 11 is 0. The number of aromatic amines is 1. The molecule has 0 aliphatic rings. The number of nitrogens with zero attached hydrogens (tertiary/aromatic N) is 1. The number of carboxylic acids is 1. The molecule has 1 atom stereocenters. The zero-order valence-electron chi connectivity index (χ0n) is 11.1. The molecule has 1 unspecified atom stereocenters. The number of carbonyl (C=O) groups is 1. The summed E-state index contributed by atoms with van der Waals surface area (Å²) < 4.78 is 39.1. The highest BCUT2D eigenvalue weighted by molar-refractivity contribution is 5.72. The molecular weight excluding hydrogens is 285 g/mol. The minimum absolute atomic E-state index is 0.00802. The summed E-state index contributed by atoms with van der Waals surface area (Å²) in [5.41, 5.74) is -0.125. The summed E-state index contributed by atoms with van der Waals surface area (Å²) in [6.45, 7) is 1.49. The zero-order valence-corrected chi connectivity index (χ0v) is 11.1. The fraction of sp³-hybridized carbons (Fsp3) is 0.286. The standard InChI is InChI=1S/C14H13F3N2O2/c1-8(13(20)21)6-12-10(7-18-19-12)9-4-2-3-5-11(9)14(15,16)17/h2-5,7-8H,6H2,1H3,(H,18,19)(H,20,21). The predicted octanol–water partition coefficient (Wildman–Crippen LogP) is 3.36. The molecule has 4 nitrogen and oxygen atoms in total. The van der Waals surface area contributed by atoms with Crippen LogP contribution in [-0.2, 0) is 17.4 Å². The Morgan fingerprint density at radius 3 is 2.62 bits per heavy atom. The minimum atomic E-state index is -4.48. The lowest BCUT2D eigenvalue weighted by Gasteiger charge is -2.13. The highest BCUT2D eigenvalue weighted by atomic mass is 19.4. The van der Waals surface area contributed by atoms with Crippen molar-refractivity contribution in [1.82, 2.24) is 10.2 Å². The Bertz CT molecular complexity index is 650. The lowest BCUT2D eigenvalue weighted by atomic mass is 9.96. The van der Waals surface area contributed by atoms with Crippen LogP contribution in [0.25, 0.3) is 11.1 Å². The van der Waals surface area contributed by atoms with Gasteiger partial charge in [0.2, 0.25) is 0 Å². The van der Waals surface area contributed by atoms with E-state index in [1.54, 1.807) is 0 Å².